The van der Waals surface area contributed by atoms with Gasteiger partial charge in [0.2, 0.25) is 6.43 Å². The highest BCUT2D eigenvalue weighted by Gasteiger charge is 2.22. The highest BCUT2D eigenvalue weighted by molar-refractivity contribution is 5.69. The van der Waals surface area contributed by atoms with E-state index in [0.717, 1.165) is 0 Å². The van der Waals surface area contributed by atoms with E-state index in [4.69, 9.17) is 9.84 Å². The summed E-state index contributed by atoms with van der Waals surface area (Å²) in [5.74, 6) is -1.10. The molecule has 0 aromatic carbocycles. The van der Waals surface area contributed by atoms with E-state index >= 15 is 0 Å². The number of carbonyl (C=O) groups excluding carboxylic acids is 1. The van der Waals surface area contributed by atoms with E-state index in [2.05, 4.69) is 5.32 Å². The van der Waals surface area contributed by atoms with E-state index in [1.807, 2.05) is 0 Å². The van der Waals surface area contributed by atoms with E-state index < -0.39 is 36.6 Å². The summed E-state index contributed by atoms with van der Waals surface area (Å²) in [6, 6.07) is -0.907. The molecule has 7 heteroatoms. The van der Waals surface area contributed by atoms with Gasteiger partial charge in [-0.05, 0) is 27.2 Å². The second-order valence-corrected chi connectivity index (χ2v) is 4.90. The molecule has 18 heavy (non-hydrogen) atoms. The van der Waals surface area contributed by atoms with E-state index in [9.17, 15) is 18.4 Å². The smallest absolute Gasteiger partial charge is 0.407 e. The Labute approximate surface area is 105 Å². The number of carbonyl (C=O) groups is 2. The van der Waals surface area contributed by atoms with Gasteiger partial charge in [-0.1, -0.05) is 0 Å². The Hall–Kier alpha value is -1.40. The van der Waals surface area contributed by atoms with Gasteiger partial charge in [-0.3, -0.25) is 4.79 Å². The van der Waals surface area contributed by atoms with Gasteiger partial charge in [-0.15, -0.1) is 0 Å². The van der Waals surface area contributed by atoms with Gasteiger partial charge < -0.3 is 15.2 Å². The van der Waals surface area contributed by atoms with Crippen molar-refractivity contribution in [2.75, 3.05) is 0 Å². The summed E-state index contributed by atoms with van der Waals surface area (Å²) in [6.07, 6.45) is -4.37. The number of carboxylic acids is 1. The van der Waals surface area contributed by atoms with Crippen molar-refractivity contribution < 1.29 is 28.2 Å². The molecule has 0 saturated heterocycles. The first-order valence-electron chi connectivity index (χ1n) is 5.59. The monoisotopic (exact) mass is 267 g/mol. The lowest BCUT2D eigenvalue weighted by Crippen LogP contribution is -2.40. The molecule has 0 rings (SSSR count). The third kappa shape index (κ3) is 9.80. The lowest BCUT2D eigenvalue weighted by molar-refractivity contribution is -0.137. The summed E-state index contributed by atoms with van der Waals surface area (Å²) in [4.78, 5) is 21.7. The molecule has 1 atom stereocenters. The quantitative estimate of drug-likeness (QED) is 0.774. The van der Waals surface area contributed by atoms with Gasteiger partial charge in [0.25, 0.3) is 0 Å². The van der Waals surface area contributed by atoms with Crippen molar-refractivity contribution in [2.45, 2.75) is 58.1 Å². The van der Waals surface area contributed by atoms with Crippen LogP contribution in [-0.2, 0) is 9.53 Å². The van der Waals surface area contributed by atoms with Gasteiger partial charge in [0.05, 0.1) is 0 Å². The van der Waals surface area contributed by atoms with Crippen molar-refractivity contribution in [3.8, 4) is 0 Å². The number of halogens is 2. The zero-order chi connectivity index (χ0) is 14.3. The Morgan fingerprint density at radius 3 is 2.28 bits per heavy atom. The van der Waals surface area contributed by atoms with Crippen LogP contribution in [-0.4, -0.2) is 35.2 Å². The molecule has 5 nitrogen and oxygen atoms in total. The van der Waals surface area contributed by atoms with Gasteiger partial charge in [-0.2, -0.15) is 0 Å². The summed E-state index contributed by atoms with van der Waals surface area (Å²) in [5, 5.41) is 10.7. The first kappa shape index (κ1) is 16.6. The van der Waals surface area contributed by atoms with E-state index in [1.54, 1.807) is 20.8 Å². The number of ether oxygens (including phenoxy) is 1. The molecule has 0 heterocycles. The Morgan fingerprint density at radius 2 is 1.89 bits per heavy atom. The van der Waals surface area contributed by atoms with Crippen molar-refractivity contribution in [3.63, 3.8) is 0 Å². The molecular weight excluding hydrogens is 248 g/mol. The van der Waals surface area contributed by atoms with Crippen LogP contribution in [0.4, 0.5) is 13.6 Å². The maximum absolute atomic E-state index is 12.3. The molecule has 2 N–H and O–H groups in total. The molecule has 0 aliphatic rings. The third-order valence-corrected chi connectivity index (χ3v) is 1.89. The zero-order valence-corrected chi connectivity index (χ0v) is 10.7. The van der Waals surface area contributed by atoms with Crippen molar-refractivity contribution in [1.29, 1.82) is 0 Å². The van der Waals surface area contributed by atoms with Crippen LogP contribution in [0.5, 0.6) is 0 Å². The standard InChI is InChI=1S/C11H19F2NO4/c1-11(2,3)18-10(17)14-7(6-8(12)13)4-5-9(15)16/h7-8H,4-6H2,1-3H3,(H,14,17)(H,15,16). The van der Waals surface area contributed by atoms with Crippen molar-refractivity contribution in [2.24, 2.45) is 0 Å². The van der Waals surface area contributed by atoms with Crippen molar-refractivity contribution in [1.82, 2.24) is 5.32 Å². The predicted molar refractivity (Wildman–Crippen MR) is 60.6 cm³/mol. The van der Waals surface area contributed by atoms with Crippen LogP contribution < -0.4 is 5.32 Å². The molecular formula is C11H19F2NO4. The lowest BCUT2D eigenvalue weighted by atomic mass is 10.1. The molecule has 0 spiro atoms. The first-order valence-corrected chi connectivity index (χ1v) is 5.59. The molecule has 0 saturated carbocycles. The summed E-state index contributed by atoms with van der Waals surface area (Å²) in [5.41, 5.74) is -0.730. The predicted octanol–water partition coefficient (Wildman–Crippen LogP) is 2.40. The molecule has 1 amide bonds. The van der Waals surface area contributed by atoms with Crippen LogP contribution in [0.3, 0.4) is 0 Å². The van der Waals surface area contributed by atoms with Gasteiger partial charge in [-0.25, -0.2) is 13.6 Å². The average molecular weight is 267 g/mol. The molecule has 0 radical (unpaired) electrons. The molecule has 0 aliphatic heterocycles. The highest BCUT2D eigenvalue weighted by atomic mass is 19.3. The number of carboxylic acid groups (broad SMARTS) is 1. The summed E-state index contributed by atoms with van der Waals surface area (Å²) in [7, 11) is 0. The van der Waals surface area contributed by atoms with Crippen LogP contribution in [0.15, 0.2) is 0 Å². The summed E-state index contributed by atoms with van der Waals surface area (Å²) < 4.78 is 29.4. The third-order valence-electron chi connectivity index (χ3n) is 1.89. The number of aliphatic carboxylic acids is 1. The SMILES string of the molecule is CC(C)(C)OC(=O)NC(CCC(=O)O)CC(F)F. The largest absolute Gasteiger partial charge is 0.481 e. The fraction of sp³-hybridized carbons (Fsp3) is 0.818. The minimum absolute atomic E-state index is 0.0566. The van der Waals surface area contributed by atoms with Gasteiger partial charge in [0, 0.05) is 18.9 Å². The number of rotatable bonds is 6. The minimum Gasteiger partial charge on any atom is -0.481 e. The van der Waals surface area contributed by atoms with Crippen LogP contribution in [0.1, 0.15) is 40.0 Å². The maximum Gasteiger partial charge on any atom is 0.407 e. The summed E-state index contributed by atoms with van der Waals surface area (Å²) >= 11 is 0. The molecule has 106 valence electrons. The summed E-state index contributed by atoms with van der Waals surface area (Å²) in [6.45, 7) is 4.93. The number of alkyl halides is 2. The maximum atomic E-state index is 12.3. The Bertz CT molecular complexity index is 289. The topological polar surface area (TPSA) is 75.6 Å². The first-order chi connectivity index (χ1) is 8.10. The van der Waals surface area contributed by atoms with Gasteiger partial charge in [0.1, 0.15) is 5.60 Å². The molecule has 0 aliphatic carbocycles. The second kappa shape index (κ2) is 7.13. The molecule has 0 fully saturated rings. The van der Waals surface area contributed by atoms with E-state index in [1.165, 1.54) is 0 Å². The number of amides is 1. The van der Waals surface area contributed by atoms with Gasteiger partial charge >= 0.3 is 12.1 Å². The fourth-order valence-electron chi connectivity index (χ4n) is 1.24. The van der Waals surface area contributed by atoms with Crippen LogP contribution in [0.25, 0.3) is 0 Å². The molecule has 0 aromatic rings. The minimum atomic E-state index is -2.61. The number of hydrogen-bond donors (Lipinski definition) is 2. The molecule has 1 unspecified atom stereocenters. The Kier molecular flexibility index (Phi) is 6.57. The Balaban J connectivity index is 4.30. The molecule has 0 aromatic heterocycles. The van der Waals surface area contributed by atoms with Crippen molar-refractivity contribution in [3.05, 3.63) is 0 Å². The highest BCUT2D eigenvalue weighted by Crippen LogP contribution is 2.12. The average Bonchev–Trinajstić information content (AvgIpc) is 2.09. The number of hydrogen-bond acceptors (Lipinski definition) is 3. The number of alkyl carbamates (subject to hydrolysis) is 1. The zero-order valence-electron chi connectivity index (χ0n) is 10.7. The van der Waals surface area contributed by atoms with Crippen LogP contribution >= 0.6 is 0 Å². The van der Waals surface area contributed by atoms with Crippen LogP contribution in [0, 0.1) is 0 Å². The normalized spacial score (nSPS) is 13.2. The lowest BCUT2D eigenvalue weighted by Gasteiger charge is -2.23. The van der Waals surface area contributed by atoms with Crippen molar-refractivity contribution >= 4 is 12.1 Å². The van der Waals surface area contributed by atoms with E-state index in [-0.39, 0.29) is 12.8 Å². The molecule has 0 bridgehead atoms. The second-order valence-electron chi connectivity index (χ2n) is 4.90. The number of nitrogens with one attached hydrogen (secondary N) is 1. The van der Waals surface area contributed by atoms with Gasteiger partial charge in [0.15, 0.2) is 0 Å². The van der Waals surface area contributed by atoms with Crippen LogP contribution in [0.2, 0.25) is 0 Å². The Morgan fingerprint density at radius 1 is 1.33 bits per heavy atom. The van der Waals surface area contributed by atoms with E-state index in [0.29, 0.717) is 0 Å². The fourth-order valence-corrected chi connectivity index (χ4v) is 1.24.